The molecular formula is C15H15ClN2O3. The number of rotatable bonds is 6. The Morgan fingerprint density at radius 3 is 2.76 bits per heavy atom. The quantitative estimate of drug-likeness (QED) is 0.640. The average Bonchev–Trinajstić information content (AvgIpc) is 2.46. The maximum atomic E-state index is 11.0. The Morgan fingerprint density at radius 2 is 2.05 bits per heavy atom. The van der Waals surface area contributed by atoms with Gasteiger partial charge in [0.05, 0.1) is 11.5 Å². The molecule has 0 aliphatic heterocycles. The molecule has 6 heteroatoms. The van der Waals surface area contributed by atoms with Crippen LogP contribution in [0.5, 0.6) is 5.75 Å². The van der Waals surface area contributed by atoms with Gasteiger partial charge in [0.1, 0.15) is 11.4 Å². The van der Waals surface area contributed by atoms with Gasteiger partial charge in [0.15, 0.2) is 0 Å². The van der Waals surface area contributed by atoms with Crippen LogP contribution in [-0.4, -0.2) is 11.5 Å². The molecule has 0 saturated heterocycles. The molecule has 0 saturated carbocycles. The van der Waals surface area contributed by atoms with Crippen molar-refractivity contribution in [2.75, 3.05) is 11.9 Å². The molecule has 0 atom stereocenters. The van der Waals surface area contributed by atoms with Crippen LogP contribution in [0.4, 0.5) is 11.4 Å². The maximum Gasteiger partial charge on any atom is 0.292 e. The van der Waals surface area contributed by atoms with Gasteiger partial charge in [-0.25, -0.2) is 0 Å². The van der Waals surface area contributed by atoms with Crippen molar-refractivity contribution in [3.05, 3.63) is 63.2 Å². The third-order valence-electron chi connectivity index (χ3n) is 2.90. The van der Waals surface area contributed by atoms with Crippen molar-refractivity contribution in [3.8, 4) is 5.75 Å². The van der Waals surface area contributed by atoms with Crippen molar-refractivity contribution < 1.29 is 9.66 Å². The van der Waals surface area contributed by atoms with Crippen molar-refractivity contribution in [1.29, 1.82) is 0 Å². The summed E-state index contributed by atoms with van der Waals surface area (Å²) < 4.78 is 5.53. The van der Waals surface area contributed by atoms with E-state index in [1.165, 1.54) is 12.1 Å². The molecule has 2 aromatic rings. The summed E-state index contributed by atoms with van der Waals surface area (Å²) in [4.78, 5) is 10.6. The molecule has 0 aliphatic rings. The molecule has 110 valence electrons. The number of nitro groups is 1. The smallest absolute Gasteiger partial charge is 0.292 e. The predicted molar refractivity (Wildman–Crippen MR) is 83.0 cm³/mol. The van der Waals surface area contributed by atoms with Crippen LogP contribution in [0.2, 0.25) is 5.02 Å². The number of nitrogens with zero attached hydrogens (tertiary/aromatic N) is 1. The Bertz CT molecular complexity index is 647. The highest BCUT2D eigenvalue weighted by atomic mass is 35.5. The number of benzene rings is 2. The first-order chi connectivity index (χ1) is 10.1. The number of hydrogen-bond acceptors (Lipinski definition) is 4. The summed E-state index contributed by atoms with van der Waals surface area (Å²) in [6.45, 7) is 2.89. The van der Waals surface area contributed by atoms with Crippen molar-refractivity contribution >= 4 is 23.0 Å². The highest BCUT2D eigenvalue weighted by Gasteiger charge is 2.14. The van der Waals surface area contributed by atoms with E-state index in [2.05, 4.69) is 5.32 Å². The van der Waals surface area contributed by atoms with Crippen LogP contribution in [0.3, 0.4) is 0 Å². The monoisotopic (exact) mass is 306 g/mol. The number of anilines is 1. The highest BCUT2D eigenvalue weighted by molar-refractivity contribution is 6.31. The van der Waals surface area contributed by atoms with E-state index >= 15 is 0 Å². The molecular weight excluding hydrogens is 292 g/mol. The minimum atomic E-state index is -0.437. The Balaban J connectivity index is 2.20. The third kappa shape index (κ3) is 3.86. The number of hydrogen-bond donors (Lipinski definition) is 1. The topological polar surface area (TPSA) is 64.4 Å². The van der Waals surface area contributed by atoms with Gasteiger partial charge in [-0.3, -0.25) is 10.1 Å². The van der Waals surface area contributed by atoms with Gasteiger partial charge < -0.3 is 10.1 Å². The molecule has 1 N–H and O–H groups in total. The van der Waals surface area contributed by atoms with Crippen LogP contribution in [0, 0.1) is 10.1 Å². The first kappa shape index (κ1) is 15.1. The lowest BCUT2D eigenvalue weighted by Gasteiger charge is -2.12. The average molecular weight is 307 g/mol. The third-order valence-corrected chi connectivity index (χ3v) is 3.13. The van der Waals surface area contributed by atoms with Gasteiger partial charge in [0.2, 0.25) is 0 Å². The van der Waals surface area contributed by atoms with Crippen LogP contribution in [0.25, 0.3) is 0 Å². The lowest BCUT2D eigenvalue weighted by molar-refractivity contribution is -0.384. The number of ether oxygens (including phenoxy) is 1. The lowest BCUT2D eigenvalue weighted by Crippen LogP contribution is -2.05. The van der Waals surface area contributed by atoms with Crippen LogP contribution in [0.1, 0.15) is 12.5 Å². The number of nitro benzene ring substituents is 1. The van der Waals surface area contributed by atoms with E-state index in [-0.39, 0.29) is 5.69 Å². The minimum absolute atomic E-state index is 0.00621. The molecule has 2 rings (SSSR count). The lowest BCUT2D eigenvalue weighted by atomic mass is 10.2. The van der Waals surface area contributed by atoms with Crippen LogP contribution < -0.4 is 10.1 Å². The Kier molecular flexibility index (Phi) is 5.00. The Morgan fingerprint density at radius 1 is 1.29 bits per heavy atom. The molecule has 21 heavy (non-hydrogen) atoms. The molecule has 0 heterocycles. The Hall–Kier alpha value is -2.27. The summed E-state index contributed by atoms with van der Waals surface area (Å²) >= 11 is 5.90. The van der Waals surface area contributed by atoms with Crippen LogP contribution in [0.15, 0.2) is 42.5 Å². The molecule has 0 aromatic heterocycles. The van der Waals surface area contributed by atoms with Gasteiger partial charge in [-0.2, -0.15) is 0 Å². The first-order valence-corrected chi connectivity index (χ1v) is 6.88. The van der Waals surface area contributed by atoms with Gasteiger partial charge in [-0.1, -0.05) is 29.8 Å². The van der Waals surface area contributed by atoms with Gasteiger partial charge in [-0.15, -0.1) is 0 Å². The van der Waals surface area contributed by atoms with E-state index in [4.69, 9.17) is 16.3 Å². The number of nitrogens with one attached hydrogen (secondary N) is 1. The van der Waals surface area contributed by atoms with E-state index in [1.54, 1.807) is 6.07 Å². The van der Waals surface area contributed by atoms with Crippen molar-refractivity contribution in [2.24, 2.45) is 0 Å². The summed E-state index contributed by atoms with van der Waals surface area (Å²) in [6.07, 6.45) is 0. The second-order valence-electron chi connectivity index (χ2n) is 4.31. The summed E-state index contributed by atoms with van der Waals surface area (Å²) in [7, 11) is 0. The van der Waals surface area contributed by atoms with E-state index in [0.717, 1.165) is 11.3 Å². The molecule has 0 spiro atoms. The number of halogens is 1. The van der Waals surface area contributed by atoms with E-state index in [1.807, 2.05) is 31.2 Å². The summed E-state index contributed by atoms with van der Waals surface area (Å²) in [6, 6.07) is 12.0. The summed E-state index contributed by atoms with van der Waals surface area (Å²) in [5, 5.41) is 14.5. The molecule has 0 amide bonds. The van der Waals surface area contributed by atoms with Gasteiger partial charge in [0.25, 0.3) is 5.69 Å². The van der Waals surface area contributed by atoms with E-state index < -0.39 is 4.92 Å². The largest absolute Gasteiger partial charge is 0.494 e. The fourth-order valence-electron chi connectivity index (χ4n) is 1.95. The summed E-state index contributed by atoms with van der Waals surface area (Å²) in [5.41, 5.74) is 1.31. The van der Waals surface area contributed by atoms with Crippen molar-refractivity contribution in [1.82, 2.24) is 0 Å². The fraction of sp³-hybridized carbons (Fsp3) is 0.200. The van der Waals surface area contributed by atoms with Gasteiger partial charge in [-0.05, 0) is 25.1 Å². The SMILES string of the molecule is CCOc1ccccc1CNc1cc(Cl)ccc1[N+](=O)[O-]. The number of para-hydroxylation sites is 1. The van der Waals surface area contributed by atoms with Crippen LogP contribution >= 0.6 is 11.6 Å². The minimum Gasteiger partial charge on any atom is -0.494 e. The zero-order chi connectivity index (χ0) is 15.2. The van der Waals surface area contributed by atoms with Crippen LogP contribution in [-0.2, 0) is 6.54 Å². The van der Waals surface area contributed by atoms with Gasteiger partial charge >= 0.3 is 0 Å². The molecule has 0 radical (unpaired) electrons. The molecule has 0 fully saturated rings. The summed E-state index contributed by atoms with van der Waals surface area (Å²) in [5.74, 6) is 0.761. The molecule has 2 aromatic carbocycles. The second kappa shape index (κ2) is 6.95. The molecule has 0 unspecified atom stereocenters. The van der Waals surface area contributed by atoms with Crippen molar-refractivity contribution in [3.63, 3.8) is 0 Å². The van der Waals surface area contributed by atoms with Gasteiger partial charge in [0, 0.05) is 23.2 Å². The molecule has 0 bridgehead atoms. The zero-order valence-electron chi connectivity index (χ0n) is 11.5. The fourth-order valence-corrected chi connectivity index (χ4v) is 2.12. The predicted octanol–water partition coefficient (Wildman–Crippen LogP) is 4.26. The molecule has 0 aliphatic carbocycles. The second-order valence-corrected chi connectivity index (χ2v) is 4.75. The van der Waals surface area contributed by atoms with Crippen molar-refractivity contribution in [2.45, 2.75) is 13.5 Å². The Labute approximate surface area is 127 Å². The normalized spacial score (nSPS) is 10.2. The molecule has 5 nitrogen and oxygen atoms in total. The highest BCUT2D eigenvalue weighted by Crippen LogP contribution is 2.29. The standard InChI is InChI=1S/C15H15ClN2O3/c1-2-21-15-6-4-3-5-11(15)10-17-13-9-12(16)7-8-14(13)18(19)20/h3-9,17H,2,10H2,1H3. The zero-order valence-corrected chi connectivity index (χ0v) is 12.3. The maximum absolute atomic E-state index is 11.0. The first-order valence-electron chi connectivity index (χ1n) is 6.50. The van der Waals surface area contributed by atoms with E-state index in [9.17, 15) is 10.1 Å². The van der Waals surface area contributed by atoms with E-state index in [0.29, 0.717) is 23.9 Å².